The minimum absolute atomic E-state index is 0.0369. The fourth-order valence-electron chi connectivity index (χ4n) is 2.66. The number of hydrogen-bond acceptors (Lipinski definition) is 5. The van der Waals surface area contributed by atoms with Gasteiger partial charge in [-0.05, 0) is 32.9 Å². The fraction of sp³-hybridized carbons (Fsp3) is 0.538. The van der Waals surface area contributed by atoms with E-state index in [0.29, 0.717) is 10.0 Å². The SMILES string of the molecule is CC1(C)CN(c2c(Cl)cc(Cl)c3nsnc23)CCCN1. The van der Waals surface area contributed by atoms with Crippen LogP contribution in [-0.4, -0.2) is 33.9 Å². The van der Waals surface area contributed by atoms with Gasteiger partial charge in [0.25, 0.3) is 0 Å². The number of hydrogen-bond donors (Lipinski definition) is 1. The first-order chi connectivity index (χ1) is 9.48. The van der Waals surface area contributed by atoms with Gasteiger partial charge in [-0.3, -0.25) is 0 Å². The van der Waals surface area contributed by atoms with Crippen molar-refractivity contribution in [1.29, 1.82) is 0 Å². The molecule has 0 amide bonds. The summed E-state index contributed by atoms with van der Waals surface area (Å²) < 4.78 is 8.67. The van der Waals surface area contributed by atoms with E-state index in [1.54, 1.807) is 6.07 Å². The first kappa shape index (κ1) is 14.3. The zero-order chi connectivity index (χ0) is 14.3. The Kier molecular flexibility index (Phi) is 3.79. The lowest BCUT2D eigenvalue weighted by Gasteiger charge is -2.32. The highest BCUT2D eigenvalue weighted by molar-refractivity contribution is 7.00. The molecular weight excluding hydrogens is 315 g/mol. The van der Waals surface area contributed by atoms with Crippen LogP contribution in [0, 0.1) is 0 Å². The molecule has 0 aliphatic carbocycles. The summed E-state index contributed by atoms with van der Waals surface area (Å²) in [6.45, 7) is 7.23. The lowest BCUT2D eigenvalue weighted by molar-refractivity contribution is 0.416. The van der Waals surface area contributed by atoms with E-state index in [1.165, 1.54) is 11.7 Å². The third-order valence-corrected chi connectivity index (χ3v) is 4.63. The van der Waals surface area contributed by atoms with Crippen molar-refractivity contribution in [3.8, 4) is 0 Å². The zero-order valence-electron chi connectivity index (χ0n) is 11.4. The van der Waals surface area contributed by atoms with E-state index in [2.05, 4.69) is 32.8 Å². The molecule has 0 unspecified atom stereocenters. The predicted molar refractivity (Wildman–Crippen MR) is 86.3 cm³/mol. The molecule has 1 saturated heterocycles. The summed E-state index contributed by atoms with van der Waals surface area (Å²) in [7, 11) is 0. The van der Waals surface area contributed by atoms with Crippen LogP contribution < -0.4 is 10.2 Å². The highest BCUT2D eigenvalue weighted by Gasteiger charge is 2.27. The van der Waals surface area contributed by atoms with Crippen molar-refractivity contribution in [2.75, 3.05) is 24.5 Å². The van der Waals surface area contributed by atoms with Crippen LogP contribution in [0.4, 0.5) is 5.69 Å². The lowest BCUT2D eigenvalue weighted by atomic mass is 10.1. The number of aromatic nitrogens is 2. The molecule has 1 aliphatic rings. The normalized spacial score (nSPS) is 19.3. The van der Waals surface area contributed by atoms with Crippen molar-refractivity contribution in [1.82, 2.24) is 14.1 Å². The van der Waals surface area contributed by atoms with Gasteiger partial charge in [0.15, 0.2) is 0 Å². The van der Waals surface area contributed by atoms with Gasteiger partial charge in [-0.1, -0.05) is 23.2 Å². The van der Waals surface area contributed by atoms with E-state index in [1.807, 2.05) is 0 Å². The lowest BCUT2D eigenvalue weighted by Crippen LogP contribution is -2.46. The second kappa shape index (κ2) is 5.30. The van der Waals surface area contributed by atoms with Gasteiger partial charge >= 0.3 is 0 Å². The van der Waals surface area contributed by atoms with Crippen molar-refractivity contribution in [3.05, 3.63) is 16.1 Å². The van der Waals surface area contributed by atoms with Crippen LogP contribution in [-0.2, 0) is 0 Å². The quantitative estimate of drug-likeness (QED) is 0.867. The van der Waals surface area contributed by atoms with Crippen LogP contribution in [0.25, 0.3) is 11.0 Å². The summed E-state index contributed by atoms with van der Waals surface area (Å²) in [6.07, 6.45) is 1.07. The first-order valence-corrected chi connectivity index (χ1v) is 8.07. The Balaban J connectivity index is 2.11. The van der Waals surface area contributed by atoms with Gasteiger partial charge in [0.1, 0.15) is 11.0 Å². The molecule has 3 rings (SSSR count). The van der Waals surface area contributed by atoms with E-state index >= 15 is 0 Å². The third-order valence-electron chi connectivity index (χ3n) is 3.53. The zero-order valence-corrected chi connectivity index (χ0v) is 13.7. The highest BCUT2D eigenvalue weighted by atomic mass is 35.5. The molecule has 1 aromatic heterocycles. The van der Waals surface area contributed by atoms with Crippen LogP contribution >= 0.6 is 34.9 Å². The Labute approximate surface area is 132 Å². The van der Waals surface area contributed by atoms with Gasteiger partial charge in [-0.15, -0.1) is 0 Å². The van der Waals surface area contributed by atoms with Gasteiger partial charge in [-0.2, -0.15) is 8.75 Å². The first-order valence-electron chi connectivity index (χ1n) is 6.58. The molecule has 1 aliphatic heterocycles. The molecule has 20 heavy (non-hydrogen) atoms. The van der Waals surface area contributed by atoms with Crippen LogP contribution in [0.15, 0.2) is 6.07 Å². The second-order valence-electron chi connectivity index (χ2n) is 5.74. The maximum atomic E-state index is 6.44. The molecule has 2 heterocycles. The number of fused-ring (bicyclic) bond motifs is 1. The van der Waals surface area contributed by atoms with Crippen molar-refractivity contribution in [2.45, 2.75) is 25.8 Å². The van der Waals surface area contributed by atoms with E-state index < -0.39 is 0 Å². The summed E-state index contributed by atoms with van der Waals surface area (Å²) in [5, 5.41) is 4.76. The number of nitrogens with zero attached hydrogens (tertiary/aromatic N) is 3. The van der Waals surface area contributed by atoms with Crippen molar-refractivity contribution in [2.24, 2.45) is 0 Å². The molecule has 1 aromatic carbocycles. The maximum absolute atomic E-state index is 6.44. The van der Waals surface area contributed by atoms with Crippen molar-refractivity contribution < 1.29 is 0 Å². The molecule has 0 atom stereocenters. The number of benzene rings is 1. The number of anilines is 1. The van der Waals surface area contributed by atoms with Gasteiger partial charge < -0.3 is 10.2 Å². The summed E-state index contributed by atoms with van der Waals surface area (Å²) in [5.74, 6) is 0. The second-order valence-corrected chi connectivity index (χ2v) is 7.08. The summed E-state index contributed by atoms with van der Waals surface area (Å²) in [6, 6.07) is 1.77. The van der Waals surface area contributed by atoms with E-state index in [4.69, 9.17) is 23.2 Å². The molecule has 0 saturated carbocycles. The minimum atomic E-state index is 0.0369. The molecule has 4 nitrogen and oxygen atoms in total. The number of halogens is 2. The number of nitrogens with one attached hydrogen (secondary N) is 1. The molecule has 108 valence electrons. The molecule has 1 fully saturated rings. The molecule has 7 heteroatoms. The molecule has 1 N–H and O–H groups in total. The molecular formula is C13H16Cl2N4S. The van der Waals surface area contributed by atoms with E-state index in [-0.39, 0.29) is 5.54 Å². The monoisotopic (exact) mass is 330 g/mol. The average molecular weight is 331 g/mol. The van der Waals surface area contributed by atoms with E-state index in [0.717, 1.165) is 42.8 Å². The smallest absolute Gasteiger partial charge is 0.131 e. The summed E-state index contributed by atoms with van der Waals surface area (Å²) in [5.41, 5.74) is 2.54. The molecule has 0 spiro atoms. The summed E-state index contributed by atoms with van der Waals surface area (Å²) in [4.78, 5) is 2.29. The van der Waals surface area contributed by atoms with Gasteiger partial charge in [0.05, 0.1) is 27.5 Å². The predicted octanol–water partition coefficient (Wildman–Crippen LogP) is 3.58. The molecule has 0 bridgehead atoms. The topological polar surface area (TPSA) is 41.1 Å². The van der Waals surface area contributed by atoms with Crippen LogP contribution in [0.3, 0.4) is 0 Å². The minimum Gasteiger partial charge on any atom is -0.367 e. The largest absolute Gasteiger partial charge is 0.367 e. The third kappa shape index (κ3) is 2.60. The van der Waals surface area contributed by atoms with Crippen LogP contribution in [0.2, 0.25) is 10.0 Å². The van der Waals surface area contributed by atoms with E-state index in [9.17, 15) is 0 Å². The maximum Gasteiger partial charge on any atom is 0.131 e. The Hall–Kier alpha value is -0.620. The Morgan fingerprint density at radius 1 is 1.25 bits per heavy atom. The highest BCUT2D eigenvalue weighted by Crippen LogP contribution is 2.38. The van der Waals surface area contributed by atoms with Crippen molar-refractivity contribution in [3.63, 3.8) is 0 Å². The molecule has 2 aromatic rings. The standard InChI is InChI=1S/C13H16Cl2N4S/c1-13(2)7-19(5-3-4-16-13)12-9(15)6-8(14)10-11(12)18-20-17-10/h6,16H,3-5,7H2,1-2H3. The van der Waals surface area contributed by atoms with Gasteiger partial charge in [0.2, 0.25) is 0 Å². The average Bonchev–Trinajstić information content (AvgIpc) is 2.76. The van der Waals surface area contributed by atoms with Crippen LogP contribution in [0.1, 0.15) is 20.3 Å². The Morgan fingerprint density at radius 2 is 2.00 bits per heavy atom. The fourth-order valence-corrected chi connectivity index (χ4v) is 3.89. The Bertz CT molecular complexity index is 641. The Morgan fingerprint density at radius 3 is 2.80 bits per heavy atom. The number of rotatable bonds is 1. The van der Waals surface area contributed by atoms with Gasteiger partial charge in [-0.25, -0.2) is 0 Å². The van der Waals surface area contributed by atoms with Crippen molar-refractivity contribution >= 4 is 51.7 Å². The van der Waals surface area contributed by atoms with Crippen LogP contribution in [0.5, 0.6) is 0 Å². The van der Waals surface area contributed by atoms with Gasteiger partial charge in [0, 0.05) is 18.6 Å². The summed E-state index contributed by atoms with van der Waals surface area (Å²) >= 11 is 13.8. The molecule has 0 radical (unpaired) electrons.